The van der Waals surface area contributed by atoms with Gasteiger partial charge in [-0.25, -0.2) is 0 Å². The summed E-state index contributed by atoms with van der Waals surface area (Å²) >= 11 is 1.40. The summed E-state index contributed by atoms with van der Waals surface area (Å²) in [6, 6.07) is 0.516. The Morgan fingerprint density at radius 3 is 2.61 bits per heavy atom. The van der Waals surface area contributed by atoms with Crippen molar-refractivity contribution < 1.29 is 4.74 Å². The Bertz CT molecular complexity index is 384. The molecule has 0 bridgehead atoms. The Kier molecular flexibility index (Phi) is 4.32. The van der Waals surface area contributed by atoms with Gasteiger partial charge in [0.15, 0.2) is 16.6 Å². The van der Waals surface area contributed by atoms with Crippen molar-refractivity contribution in [3.05, 3.63) is 0 Å². The predicted molar refractivity (Wildman–Crippen MR) is 77.3 cm³/mol. The first-order chi connectivity index (χ1) is 8.60. The Hall–Kier alpha value is -0.970. The molecule has 0 saturated heterocycles. The number of nitrogens with two attached hydrogens (primary N) is 1. The largest absolute Gasteiger partial charge is 0.487 e. The van der Waals surface area contributed by atoms with E-state index >= 15 is 0 Å². The third-order valence-corrected chi connectivity index (χ3v) is 4.25. The standard InChI is InChI=1S/C13H23N3OS/c1-4-17-11-12(14)16-18-13(11)15-10-6-8(2)5-9(3)7-10/h8-10,15H,4-7H2,1-3H3,(H2,14,16). The topological polar surface area (TPSA) is 60.2 Å². The van der Waals surface area contributed by atoms with Gasteiger partial charge in [-0.2, -0.15) is 4.37 Å². The molecular formula is C13H23N3OS. The third kappa shape index (κ3) is 3.07. The smallest absolute Gasteiger partial charge is 0.197 e. The normalized spacial score (nSPS) is 28.1. The maximum absolute atomic E-state index is 5.82. The fraction of sp³-hybridized carbons (Fsp3) is 0.769. The Labute approximate surface area is 113 Å². The van der Waals surface area contributed by atoms with Crippen LogP contribution in [0.15, 0.2) is 0 Å². The number of hydrogen-bond acceptors (Lipinski definition) is 5. The average Bonchev–Trinajstić information content (AvgIpc) is 2.60. The number of nitrogens with zero attached hydrogens (tertiary/aromatic N) is 1. The number of anilines is 2. The van der Waals surface area contributed by atoms with Crippen LogP contribution in [0, 0.1) is 11.8 Å². The zero-order chi connectivity index (χ0) is 13.1. The van der Waals surface area contributed by atoms with Crippen LogP contribution in [-0.2, 0) is 0 Å². The van der Waals surface area contributed by atoms with E-state index in [9.17, 15) is 0 Å². The summed E-state index contributed by atoms with van der Waals surface area (Å²) < 4.78 is 9.73. The van der Waals surface area contributed by atoms with Crippen molar-refractivity contribution in [2.75, 3.05) is 17.7 Å². The third-order valence-electron chi connectivity index (χ3n) is 3.48. The monoisotopic (exact) mass is 269 g/mol. The van der Waals surface area contributed by atoms with Gasteiger partial charge >= 0.3 is 0 Å². The van der Waals surface area contributed by atoms with Crippen molar-refractivity contribution in [3.8, 4) is 5.75 Å². The van der Waals surface area contributed by atoms with E-state index in [4.69, 9.17) is 10.5 Å². The molecular weight excluding hydrogens is 246 g/mol. The zero-order valence-corrected chi connectivity index (χ0v) is 12.2. The van der Waals surface area contributed by atoms with Gasteiger partial charge in [0.25, 0.3) is 0 Å². The molecule has 3 N–H and O–H groups in total. The van der Waals surface area contributed by atoms with Crippen LogP contribution in [0.2, 0.25) is 0 Å². The van der Waals surface area contributed by atoms with E-state index in [0.29, 0.717) is 18.5 Å². The van der Waals surface area contributed by atoms with E-state index < -0.39 is 0 Å². The van der Waals surface area contributed by atoms with Gasteiger partial charge in [-0.15, -0.1) is 0 Å². The molecule has 1 aliphatic carbocycles. The molecule has 1 aliphatic rings. The minimum Gasteiger partial charge on any atom is -0.487 e. The first-order valence-electron chi connectivity index (χ1n) is 6.74. The van der Waals surface area contributed by atoms with E-state index in [1.807, 2.05) is 6.92 Å². The SMILES string of the molecule is CCOc1c(N)nsc1NC1CC(C)CC(C)C1. The lowest BCUT2D eigenvalue weighted by Gasteiger charge is -2.32. The number of rotatable bonds is 4. The van der Waals surface area contributed by atoms with E-state index in [2.05, 4.69) is 23.5 Å². The fourth-order valence-electron chi connectivity index (χ4n) is 2.92. The molecule has 5 heteroatoms. The number of nitrogen functional groups attached to an aromatic ring is 1. The van der Waals surface area contributed by atoms with E-state index in [0.717, 1.165) is 22.6 Å². The van der Waals surface area contributed by atoms with E-state index in [-0.39, 0.29) is 0 Å². The summed E-state index contributed by atoms with van der Waals surface area (Å²) in [7, 11) is 0. The molecule has 102 valence electrons. The van der Waals surface area contributed by atoms with Crippen LogP contribution >= 0.6 is 11.5 Å². The second-order valence-corrected chi connectivity index (χ2v) is 6.19. The molecule has 0 radical (unpaired) electrons. The molecule has 2 unspecified atom stereocenters. The minimum atomic E-state index is 0.501. The Morgan fingerprint density at radius 1 is 1.33 bits per heavy atom. The molecule has 1 heterocycles. The molecule has 18 heavy (non-hydrogen) atoms. The summed E-state index contributed by atoms with van der Waals surface area (Å²) in [4.78, 5) is 0. The molecule has 0 aliphatic heterocycles. The summed E-state index contributed by atoms with van der Waals surface area (Å²) in [5.41, 5.74) is 5.82. The first-order valence-corrected chi connectivity index (χ1v) is 7.52. The highest BCUT2D eigenvalue weighted by Crippen LogP contribution is 2.38. The fourth-order valence-corrected chi connectivity index (χ4v) is 3.66. The zero-order valence-electron chi connectivity index (χ0n) is 11.4. The quantitative estimate of drug-likeness (QED) is 0.880. The highest BCUT2D eigenvalue weighted by Gasteiger charge is 2.25. The lowest BCUT2D eigenvalue weighted by molar-refractivity contribution is 0.280. The Morgan fingerprint density at radius 2 is 2.00 bits per heavy atom. The summed E-state index contributed by atoms with van der Waals surface area (Å²) in [5, 5.41) is 4.55. The summed E-state index contributed by atoms with van der Waals surface area (Å²) in [6.45, 7) is 7.24. The van der Waals surface area contributed by atoms with Gasteiger partial charge in [0.1, 0.15) is 0 Å². The van der Waals surface area contributed by atoms with E-state index in [1.54, 1.807) is 0 Å². The van der Waals surface area contributed by atoms with Crippen LogP contribution in [0.25, 0.3) is 0 Å². The second kappa shape index (κ2) is 5.78. The second-order valence-electron chi connectivity index (χ2n) is 5.42. The molecule has 1 saturated carbocycles. The van der Waals surface area contributed by atoms with Crippen molar-refractivity contribution in [2.45, 2.75) is 46.1 Å². The number of ether oxygens (including phenoxy) is 1. The van der Waals surface area contributed by atoms with Crippen molar-refractivity contribution >= 4 is 22.4 Å². The van der Waals surface area contributed by atoms with Gasteiger partial charge in [0, 0.05) is 6.04 Å². The van der Waals surface area contributed by atoms with Crippen molar-refractivity contribution in [1.82, 2.24) is 4.37 Å². The van der Waals surface area contributed by atoms with Gasteiger partial charge < -0.3 is 15.8 Å². The lowest BCUT2D eigenvalue weighted by Crippen LogP contribution is -2.30. The lowest BCUT2D eigenvalue weighted by atomic mass is 9.80. The molecule has 1 aromatic heterocycles. The van der Waals surface area contributed by atoms with Gasteiger partial charge in [0.2, 0.25) is 0 Å². The average molecular weight is 269 g/mol. The van der Waals surface area contributed by atoms with Crippen molar-refractivity contribution in [2.24, 2.45) is 11.8 Å². The minimum absolute atomic E-state index is 0.501. The van der Waals surface area contributed by atoms with Crippen LogP contribution < -0.4 is 15.8 Å². The van der Waals surface area contributed by atoms with Crippen molar-refractivity contribution in [1.29, 1.82) is 0 Å². The van der Waals surface area contributed by atoms with Crippen LogP contribution in [0.5, 0.6) is 5.75 Å². The maximum Gasteiger partial charge on any atom is 0.197 e. The molecule has 0 spiro atoms. The Balaban J connectivity index is 2.04. The van der Waals surface area contributed by atoms with Crippen molar-refractivity contribution in [3.63, 3.8) is 0 Å². The molecule has 0 aromatic carbocycles. The summed E-state index contributed by atoms with van der Waals surface area (Å²) in [5.74, 6) is 2.80. The molecule has 2 rings (SSSR count). The highest BCUT2D eigenvalue weighted by molar-refractivity contribution is 7.11. The first kappa shape index (κ1) is 13.5. The van der Waals surface area contributed by atoms with Crippen LogP contribution in [0.3, 0.4) is 0 Å². The molecule has 0 amide bonds. The van der Waals surface area contributed by atoms with Gasteiger partial charge in [0.05, 0.1) is 6.61 Å². The molecule has 1 fully saturated rings. The number of hydrogen-bond donors (Lipinski definition) is 2. The molecule has 2 atom stereocenters. The van der Waals surface area contributed by atoms with Gasteiger partial charge in [-0.1, -0.05) is 13.8 Å². The summed E-state index contributed by atoms with van der Waals surface area (Å²) in [6.07, 6.45) is 3.77. The molecule has 1 aromatic rings. The number of nitrogens with one attached hydrogen (secondary N) is 1. The highest BCUT2D eigenvalue weighted by atomic mass is 32.1. The van der Waals surface area contributed by atoms with Crippen LogP contribution in [0.1, 0.15) is 40.0 Å². The maximum atomic E-state index is 5.82. The molecule has 4 nitrogen and oxygen atoms in total. The van der Waals surface area contributed by atoms with E-state index in [1.165, 1.54) is 30.8 Å². The van der Waals surface area contributed by atoms with Crippen LogP contribution in [0.4, 0.5) is 10.8 Å². The van der Waals surface area contributed by atoms with Gasteiger partial charge in [-0.3, -0.25) is 0 Å². The van der Waals surface area contributed by atoms with Crippen LogP contribution in [-0.4, -0.2) is 17.0 Å². The van der Waals surface area contributed by atoms with Gasteiger partial charge in [-0.05, 0) is 49.6 Å². The number of aromatic nitrogens is 1. The predicted octanol–water partition coefficient (Wildman–Crippen LogP) is 3.36.